The molecule has 7 heteroatoms. The van der Waals surface area contributed by atoms with Crippen LogP contribution in [0.2, 0.25) is 0 Å². The number of hydrogen-bond acceptors (Lipinski definition) is 6. The van der Waals surface area contributed by atoms with E-state index in [0.717, 1.165) is 16.3 Å². The minimum Gasteiger partial charge on any atom is -0.454 e. The summed E-state index contributed by atoms with van der Waals surface area (Å²) in [5.74, 6) is 2.01. The normalized spacial score (nSPS) is 16.3. The van der Waals surface area contributed by atoms with E-state index in [9.17, 15) is 9.59 Å². The number of fused-ring (bicyclic) bond motifs is 5. The highest BCUT2D eigenvalue weighted by molar-refractivity contribution is 6.22. The molecule has 1 amide bonds. The van der Waals surface area contributed by atoms with E-state index in [0.29, 0.717) is 39.7 Å². The van der Waals surface area contributed by atoms with E-state index in [1.165, 1.54) is 0 Å². The number of Topliss-reactive ketones (excluding diaryl/α,β-unsaturated/α-hetero) is 1. The summed E-state index contributed by atoms with van der Waals surface area (Å²) in [5, 5.41) is 4.17. The molecule has 3 aromatic rings. The number of rotatable bonds is 1. The molecular weight excluding hydrogens is 362 g/mol. The van der Waals surface area contributed by atoms with Gasteiger partial charge in [-0.1, -0.05) is 12.1 Å². The van der Waals surface area contributed by atoms with Gasteiger partial charge in [-0.05, 0) is 35.2 Å². The van der Waals surface area contributed by atoms with Crippen LogP contribution >= 0.6 is 0 Å². The molecule has 0 spiro atoms. The monoisotopic (exact) mass is 375 g/mol. The van der Waals surface area contributed by atoms with Crippen molar-refractivity contribution in [3.8, 4) is 34.1 Å². The van der Waals surface area contributed by atoms with E-state index >= 15 is 0 Å². The van der Waals surface area contributed by atoms with Gasteiger partial charge in [-0.25, -0.2) is 0 Å². The molecule has 3 aromatic carbocycles. The van der Waals surface area contributed by atoms with Crippen LogP contribution in [0.15, 0.2) is 36.4 Å². The number of ketones is 1. The fourth-order valence-electron chi connectivity index (χ4n) is 4.01. The van der Waals surface area contributed by atoms with Gasteiger partial charge in [0.05, 0.1) is 12.1 Å². The van der Waals surface area contributed by atoms with Crippen molar-refractivity contribution < 1.29 is 28.5 Å². The van der Waals surface area contributed by atoms with Crippen LogP contribution in [0, 0.1) is 0 Å². The van der Waals surface area contributed by atoms with Gasteiger partial charge in [-0.3, -0.25) is 9.59 Å². The Morgan fingerprint density at radius 3 is 2.50 bits per heavy atom. The molecule has 0 aromatic heterocycles. The van der Waals surface area contributed by atoms with Gasteiger partial charge >= 0.3 is 0 Å². The van der Waals surface area contributed by atoms with E-state index in [4.69, 9.17) is 18.9 Å². The molecule has 3 heterocycles. The van der Waals surface area contributed by atoms with Gasteiger partial charge in [0.2, 0.25) is 13.6 Å². The Balaban J connectivity index is 1.76. The Kier molecular flexibility index (Phi) is 2.95. The summed E-state index contributed by atoms with van der Waals surface area (Å²) in [5.41, 5.74) is 2.14. The molecule has 28 heavy (non-hydrogen) atoms. The lowest BCUT2D eigenvalue weighted by atomic mass is 9.85. The van der Waals surface area contributed by atoms with Crippen LogP contribution < -0.4 is 24.3 Å². The Hall–Kier alpha value is -3.74. The van der Waals surface area contributed by atoms with Crippen LogP contribution in [0.4, 0.5) is 0 Å². The van der Waals surface area contributed by atoms with Crippen LogP contribution in [0.5, 0.6) is 23.0 Å². The van der Waals surface area contributed by atoms with Crippen LogP contribution in [0.3, 0.4) is 0 Å². The van der Waals surface area contributed by atoms with E-state index in [2.05, 4.69) is 5.32 Å². The Bertz CT molecular complexity index is 1220. The molecule has 0 bridgehead atoms. The van der Waals surface area contributed by atoms with Crippen molar-refractivity contribution in [2.24, 2.45) is 0 Å². The average molecular weight is 375 g/mol. The van der Waals surface area contributed by atoms with Gasteiger partial charge < -0.3 is 24.3 Å². The lowest BCUT2D eigenvalue weighted by Crippen LogP contribution is -2.36. The number of carbonyl (C=O) groups is 2. The summed E-state index contributed by atoms with van der Waals surface area (Å²) in [6.07, 6.45) is 0. The van der Waals surface area contributed by atoms with Crippen molar-refractivity contribution >= 4 is 22.5 Å². The fourth-order valence-corrected chi connectivity index (χ4v) is 4.01. The first kappa shape index (κ1) is 15.3. The summed E-state index contributed by atoms with van der Waals surface area (Å²) >= 11 is 0. The highest BCUT2D eigenvalue weighted by Crippen LogP contribution is 2.48. The van der Waals surface area contributed by atoms with Crippen molar-refractivity contribution in [1.82, 2.24) is 5.32 Å². The molecule has 0 saturated carbocycles. The van der Waals surface area contributed by atoms with Crippen molar-refractivity contribution in [3.63, 3.8) is 0 Å². The zero-order valence-electron chi connectivity index (χ0n) is 14.5. The maximum absolute atomic E-state index is 12.9. The smallest absolute Gasteiger partial charge is 0.252 e. The number of hydrogen-bond donors (Lipinski definition) is 1. The largest absolute Gasteiger partial charge is 0.454 e. The molecule has 0 aliphatic carbocycles. The SMILES string of the molecule is O=C1NCC(=O)c2c1cc1ccc3c(c1c2-c1ccc2c(c1)OCO2)OCO3. The van der Waals surface area contributed by atoms with Crippen molar-refractivity contribution in [2.75, 3.05) is 20.1 Å². The topological polar surface area (TPSA) is 83.1 Å². The average Bonchev–Trinajstić information content (AvgIpc) is 3.37. The van der Waals surface area contributed by atoms with E-state index in [1.807, 2.05) is 24.3 Å². The Morgan fingerprint density at radius 1 is 0.786 bits per heavy atom. The van der Waals surface area contributed by atoms with Gasteiger partial charge in [0.25, 0.3) is 5.91 Å². The number of nitrogens with one attached hydrogen (secondary N) is 1. The van der Waals surface area contributed by atoms with Crippen molar-refractivity contribution in [3.05, 3.63) is 47.5 Å². The third-order valence-corrected chi connectivity index (χ3v) is 5.23. The summed E-state index contributed by atoms with van der Waals surface area (Å²) in [6.45, 7) is 0.224. The van der Waals surface area contributed by atoms with Crippen molar-refractivity contribution in [1.29, 1.82) is 0 Å². The maximum atomic E-state index is 12.9. The van der Waals surface area contributed by atoms with Crippen LogP contribution in [-0.4, -0.2) is 31.8 Å². The summed E-state index contributed by atoms with van der Waals surface area (Å²) in [6, 6.07) is 10.9. The second-order valence-electron chi connectivity index (χ2n) is 6.75. The molecular formula is C21H13NO6. The highest BCUT2D eigenvalue weighted by atomic mass is 16.7. The molecule has 0 saturated heterocycles. The third-order valence-electron chi connectivity index (χ3n) is 5.23. The molecule has 0 atom stereocenters. The minimum absolute atomic E-state index is 0.0404. The highest BCUT2D eigenvalue weighted by Gasteiger charge is 2.32. The third kappa shape index (κ3) is 1.98. The maximum Gasteiger partial charge on any atom is 0.252 e. The van der Waals surface area contributed by atoms with Crippen LogP contribution in [0.1, 0.15) is 20.7 Å². The molecule has 1 N–H and O–H groups in total. The minimum atomic E-state index is -0.267. The second kappa shape index (κ2) is 5.39. The number of ether oxygens (including phenoxy) is 4. The van der Waals surface area contributed by atoms with Gasteiger partial charge in [0.15, 0.2) is 28.8 Å². The predicted octanol–water partition coefficient (Wildman–Crippen LogP) is 2.89. The first-order valence-electron chi connectivity index (χ1n) is 8.81. The summed E-state index contributed by atoms with van der Waals surface area (Å²) in [4.78, 5) is 25.4. The quantitative estimate of drug-likeness (QED) is 0.704. The molecule has 7 nitrogen and oxygen atoms in total. The predicted molar refractivity (Wildman–Crippen MR) is 98.3 cm³/mol. The zero-order chi connectivity index (χ0) is 18.8. The molecule has 0 unspecified atom stereocenters. The molecule has 0 fully saturated rings. The molecule has 3 aliphatic rings. The van der Waals surface area contributed by atoms with E-state index < -0.39 is 0 Å². The number of amides is 1. The molecule has 6 rings (SSSR count). The van der Waals surface area contributed by atoms with Crippen LogP contribution in [0.25, 0.3) is 21.9 Å². The summed E-state index contributed by atoms with van der Waals surface area (Å²) in [7, 11) is 0. The zero-order valence-corrected chi connectivity index (χ0v) is 14.5. The second-order valence-corrected chi connectivity index (χ2v) is 6.75. The fraction of sp³-hybridized carbons (Fsp3) is 0.143. The van der Waals surface area contributed by atoms with E-state index in [-0.39, 0.29) is 31.8 Å². The van der Waals surface area contributed by atoms with Gasteiger partial charge in [0.1, 0.15) is 0 Å². The van der Waals surface area contributed by atoms with Gasteiger partial charge in [0, 0.05) is 16.5 Å². The van der Waals surface area contributed by atoms with Crippen LogP contribution in [-0.2, 0) is 0 Å². The first-order chi connectivity index (χ1) is 13.7. The lowest BCUT2D eigenvalue weighted by molar-refractivity contribution is 0.0878. The lowest BCUT2D eigenvalue weighted by Gasteiger charge is -2.22. The summed E-state index contributed by atoms with van der Waals surface area (Å²) < 4.78 is 22.2. The molecule has 0 radical (unpaired) electrons. The first-order valence-corrected chi connectivity index (χ1v) is 8.81. The number of carbonyl (C=O) groups excluding carboxylic acids is 2. The van der Waals surface area contributed by atoms with E-state index in [1.54, 1.807) is 12.1 Å². The Labute approximate surface area is 158 Å². The molecule has 138 valence electrons. The Morgan fingerprint density at radius 2 is 1.57 bits per heavy atom. The van der Waals surface area contributed by atoms with Crippen molar-refractivity contribution in [2.45, 2.75) is 0 Å². The van der Waals surface area contributed by atoms with Gasteiger partial charge in [-0.2, -0.15) is 0 Å². The standard InChI is InChI=1S/C21H13NO6/c23-13-7-22-21(24)12-5-10-2-4-15-20(28-9-26-15)18(10)17(19(12)13)11-1-3-14-16(6-11)27-8-25-14/h1-6H,7-9H2,(H,22,24). The molecule has 3 aliphatic heterocycles. The van der Waals surface area contributed by atoms with Gasteiger partial charge in [-0.15, -0.1) is 0 Å². The number of benzene rings is 3.